The Kier molecular flexibility index (Phi) is 5.44. The van der Waals surface area contributed by atoms with Crippen molar-refractivity contribution < 1.29 is 9.90 Å². The molecule has 1 N–H and O–H groups in total. The molecule has 1 aliphatic carbocycles. The Balaban J connectivity index is 2.45. The van der Waals surface area contributed by atoms with Gasteiger partial charge < -0.3 is 10.0 Å². The normalized spacial score (nSPS) is 20.7. The maximum Gasteiger partial charge on any atom is 0.310 e. The molecule has 1 fully saturated rings. The van der Waals surface area contributed by atoms with E-state index in [1.165, 1.54) is 25.7 Å². The van der Waals surface area contributed by atoms with E-state index in [1.54, 1.807) is 0 Å². The van der Waals surface area contributed by atoms with Gasteiger partial charge in [-0.2, -0.15) is 0 Å². The molecule has 0 bridgehead atoms. The molecular weight excluding hydrogens is 214 g/mol. The number of carboxylic acid groups (broad SMARTS) is 1. The SMILES string of the molecule is CCCC(C)(CN(C)CC1CCCC1)C(=O)O. The summed E-state index contributed by atoms with van der Waals surface area (Å²) in [7, 11) is 2.06. The van der Waals surface area contributed by atoms with E-state index in [-0.39, 0.29) is 0 Å². The van der Waals surface area contributed by atoms with Crippen LogP contribution in [0.1, 0.15) is 52.4 Å². The van der Waals surface area contributed by atoms with Gasteiger partial charge in [-0.15, -0.1) is 0 Å². The van der Waals surface area contributed by atoms with Gasteiger partial charge in [0.1, 0.15) is 0 Å². The molecule has 1 aliphatic rings. The molecule has 0 saturated heterocycles. The third-order valence-electron chi connectivity index (χ3n) is 3.98. The molecule has 0 spiro atoms. The minimum Gasteiger partial charge on any atom is -0.481 e. The minimum absolute atomic E-state index is 0.581. The van der Waals surface area contributed by atoms with Crippen molar-refractivity contribution in [3.05, 3.63) is 0 Å². The van der Waals surface area contributed by atoms with Crippen LogP contribution < -0.4 is 0 Å². The minimum atomic E-state index is -0.655. The molecule has 0 aromatic rings. The molecule has 0 amide bonds. The van der Waals surface area contributed by atoms with Gasteiger partial charge in [0.2, 0.25) is 0 Å². The summed E-state index contributed by atoms with van der Waals surface area (Å²) in [6.07, 6.45) is 7.04. The van der Waals surface area contributed by atoms with Crippen molar-refractivity contribution in [3.63, 3.8) is 0 Å². The Morgan fingerprint density at radius 3 is 2.47 bits per heavy atom. The molecule has 0 aromatic carbocycles. The van der Waals surface area contributed by atoms with Gasteiger partial charge in [0, 0.05) is 13.1 Å². The highest BCUT2D eigenvalue weighted by atomic mass is 16.4. The molecule has 1 saturated carbocycles. The van der Waals surface area contributed by atoms with Crippen LogP contribution in [0.3, 0.4) is 0 Å². The lowest BCUT2D eigenvalue weighted by molar-refractivity contribution is -0.149. The number of rotatable bonds is 7. The van der Waals surface area contributed by atoms with Crippen LogP contribution in [-0.4, -0.2) is 36.1 Å². The predicted octanol–water partition coefficient (Wildman–Crippen LogP) is 3.00. The lowest BCUT2D eigenvalue weighted by Crippen LogP contribution is -2.41. The van der Waals surface area contributed by atoms with Gasteiger partial charge in [-0.05, 0) is 39.2 Å². The number of carboxylic acids is 1. The van der Waals surface area contributed by atoms with Crippen molar-refractivity contribution in [1.29, 1.82) is 0 Å². The van der Waals surface area contributed by atoms with Crippen molar-refractivity contribution in [3.8, 4) is 0 Å². The fourth-order valence-corrected chi connectivity index (χ4v) is 3.10. The van der Waals surface area contributed by atoms with Gasteiger partial charge in [0.15, 0.2) is 0 Å². The first-order valence-electron chi connectivity index (χ1n) is 6.90. The second kappa shape index (κ2) is 6.39. The van der Waals surface area contributed by atoms with Gasteiger partial charge in [-0.1, -0.05) is 26.2 Å². The van der Waals surface area contributed by atoms with Gasteiger partial charge in [0.25, 0.3) is 0 Å². The Bertz CT molecular complexity index is 249. The summed E-state index contributed by atoms with van der Waals surface area (Å²) in [5.41, 5.74) is -0.581. The standard InChI is InChI=1S/C14H27NO2/c1-4-9-14(2,13(16)17)11-15(3)10-12-7-5-6-8-12/h12H,4-11H2,1-3H3,(H,16,17). The van der Waals surface area contributed by atoms with E-state index in [1.807, 2.05) is 6.92 Å². The summed E-state index contributed by atoms with van der Waals surface area (Å²) < 4.78 is 0. The zero-order valence-corrected chi connectivity index (χ0v) is 11.5. The second-order valence-electron chi connectivity index (χ2n) is 5.96. The highest BCUT2D eigenvalue weighted by Crippen LogP contribution is 2.28. The zero-order valence-electron chi connectivity index (χ0n) is 11.5. The summed E-state index contributed by atoms with van der Waals surface area (Å²) in [5.74, 6) is 0.136. The van der Waals surface area contributed by atoms with E-state index in [0.29, 0.717) is 6.54 Å². The van der Waals surface area contributed by atoms with E-state index in [2.05, 4.69) is 18.9 Å². The van der Waals surface area contributed by atoms with Crippen LogP contribution in [0.4, 0.5) is 0 Å². The molecule has 1 unspecified atom stereocenters. The first kappa shape index (κ1) is 14.5. The van der Waals surface area contributed by atoms with Crippen molar-refractivity contribution in [1.82, 2.24) is 4.90 Å². The summed E-state index contributed by atoms with van der Waals surface area (Å²) in [6.45, 7) is 5.67. The van der Waals surface area contributed by atoms with Crippen LogP contribution in [0.5, 0.6) is 0 Å². The predicted molar refractivity (Wildman–Crippen MR) is 70.1 cm³/mol. The van der Waals surface area contributed by atoms with Crippen LogP contribution in [0.15, 0.2) is 0 Å². The molecule has 0 aromatic heterocycles. The summed E-state index contributed by atoms with van der Waals surface area (Å²) >= 11 is 0. The average molecular weight is 241 g/mol. The number of aliphatic carboxylic acids is 1. The zero-order chi connectivity index (χ0) is 12.9. The lowest BCUT2D eigenvalue weighted by atomic mass is 9.85. The van der Waals surface area contributed by atoms with Crippen molar-refractivity contribution in [2.45, 2.75) is 52.4 Å². The molecular formula is C14H27NO2. The third-order valence-corrected chi connectivity index (χ3v) is 3.98. The van der Waals surface area contributed by atoms with Crippen molar-refractivity contribution >= 4 is 5.97 Å². The fraction of sp³-hybridized carbons (Fsp3) is 0.929. The molecule has 0 heterocycles. The van der Waals surface area contributed by atoms with E-state index in [9.17, 15) is 9.90 Å². The van der Waals surface area contributed by atoms with Gasteiger partial charge in [0.05, 0.1) is 5.41 Å². The molecule has 1 atom stereocenters. The molecule has 0 aliphatic heterocycles. The number of nitrogens with zero attached hydrogens (tertiary/aromatic N) is 1. The largest absolute Gasteiger partial charge is 0.481 e. The van der Waals surface area contributed by atoms with E-state index >= 15 is 0 Å². The summed E-state index contributed by atoms with van der Waals surface area (Å²) in [6, 6.07) is 0. The maximum atomic E-state index is 11.4. The fourth-order valence-electron chi connectivity index (χ4n) is 3.10. The van der Waals surface area contributed by atoms with Gasteiger partial charge in [-0.25, -0.2) is 0 Å². The van der Waals surface area contributed by atoms with Gasteiger partial charge >= 0.3 is 5.97 Å². The monoisotopic (exact) mass is 241 g/mol. The Morgan fingerprint density at radius 2 is 2.00 bits per heavy atom. The molecule has 100 valence electrons. The van der Waals surface area contributed by atoms with Crippen LogP contribution in [0.2, 0.25) is 0 Å². The van der Waals surface area contributed by atoms with E-state index in [4.69, 9.17) is 0 Å². The molecule has 3 nitrogen and oxygen atoms in total. The Morgan fingerprint density at radius 1 is 1.41 bits per heavy atom. The summed E-state index contributed by atoms with van der Waals surface area (Å²) in [4.78, 5) is 13.6. The average Bonchev–Trinajstić information content (AvgIpc) is 2.70. The maximum absolute atomic E-state index is 11.4. The van der Waals surface area contributed by atoms with Gasteiger partial charge in [-0.3, -0.25) is 4.79 Å². The highest BCUT2D eigenvalue weighted by molar-refractivity contribution is 5.74. The molecule has 3 heteroatoms. The van der Waals surface area contributed by atoms with Crippen LogP contribution in [0, 0.1) is 11.3 Å². The van der Waals surface area contributed by atoms with E-state index in [0.717, 1.165) is 25.3 Å². The lowest BCUT2D eigenvalue weighted by Gasteiger charge is -2.31. The number of hydrogen-bond acceptors (Lipinski definition) is 2. The van der Waals surface area contributed by atoms with Crippen molar-refractivity contribution in [2.24, 2.45) is 11.3 Å². The quantitative estimate of drug-likeness (QED) is 0.745. The Labute approximate surface area is 105 Å². The second-order valence-corrected chi connectivity index (χ2v) is 5.96. The van der Waals surface area contributed by atoms with E-state index < -0.39 is 11.4 Å². The van der Waals surface area contributed by atoms with Crippen LogP contribution in [-0.2, 0) is 4.79 Å². The topological polar surface area (TPSA) is 40.5 Å². The number of carbonyl (C=O) groups is 1. The van der Waals surface area contributed by atoms with Crippen LogP contribution >= 0.6 is 0 Å². The Hall–Kier alpha value is -0.570. The molecule has 1 rings (SSSR count). The highest BCUT2D eigenvalue weighted by Gasteiger charge is 2.33. The summed E-state index contributed by atoms with van der Waals surface area (Å²) in [5, 5.41) is 9.35. The first-order valence-corrected chi connectivity index (χ1v) is 6.90. The third kappa shape index (κ3) is 4.30. The van der Waals surface area contributed by atoms with Crippen LogP contribution in [0.25, 0.3) is 0 Å². The molecule has 0 radical (unpaired) electrons. The van der Waals surface area contributed by atoms with Crippen molar-refractivity contribution in [2.75, 3.05) is 20.1 Å². The first-order chi connectivity index (χ1) is 7.98. The smallest absolute Gasteiger partial charge is 0.310 e. The number of hydrogen-bond donors (Lipinski definition) is 1. The molecule has 17 heavy (non-hydrogen) atoms.